The molecule has 0 unspecified atom stereocenters. The van der Waals surface area contributed by atoms with Gasteiger partial charge in [0.25, 0.3) is 0 Å². The van der Waals surface area contributed by atoms with Gasteiger partial charge in [-0.3, -0.25) is 4.90 Å². The standard InChI is InChI=1S/C23H28N2O4/c1-15(17-8-7-9-18(12-17)26-4)25(3)14-21-16(2)29-23(24-21)20-11-10-19(27-5)13-22(20)28-6/h7-13,15H,14H2,1-6H3/t15-/m0/s1. The van der Waals surface area contributed by atoms with Crippen molar-refractivity contribution in [1.82, 2.24) is 9.88 Å². The van der Waals surface area contributed by atoms with Crippen LogP contribution >= 0.6 is 0 Å². The van der Waals surface area contributed by atoms with E-state index < -0.39 is 0 Å². The smallest absolute Gasteiger partial charge is 0.230 e. The van der Waals surface area contributed by atoms with Crippen LogP contribution in [0.15, 0.2) is 46.9 Å². The van der Waals surface area contributed by atoms with E-state index in [2.05, 4.69) is 31.0 Å². The molecule has 0 saturated carbocycles. The predicted molar refractivity (Wildman–Crippen MR) is 113 cm³/mol. The molecule has 29 heavy (non-hydrogen) atoms. The number of hydrogen-bond acceptors (Lipinski definition) is 6. The number of nitrogens with zero attached hydrogens (tertiary/aromatic N) is 2. The first-order valence-corrected chi connectivity index (χ1v) is 9.49. The number of aromatic nitrogens is 1. The largest absolute Gasteiger partial charge is 0.497 e. The SMILES string of the molecule is COc1cccc([C@H](C)N(C)Cc2nc(-c3ccc(OC)cc3OC)oc2C)c1. The first kappa shape index (κ1) is 20.7. The third-order valence-electron chi connectivity index (χ3n) is 5.17. The first-order valence-electron chi connectivity index (χ1n) is 9.49. The van der Waals surface area contributed by atoms with Crippen LogP contribution in [0, 0.1) is 6.92 Å². The van der Waals surface area contributed by atoms with E-state index in [0.717, 1.165) is 28.5 Å². The highest BCUT2D eigenvalue weighted by atomic mass is 16.5. The molecule has 3 aromatic rings. The maximum atomic E-state index is 5.96. The average molecular weight is 396 g/mol. The molecular formula is C23H28N2O4. The minimum Gasteiger partial charge on any atom is -0.497 e. The third kappa shape index (κ3) is 4.54. The van der Waals surface area contributed by atoms with Crippen molar-refractivity contribution >= 4 is 0 Å². The second kappa shape index (κ2) is 9.01. The van der Waals surface area contributed by atoms with Crippen LogP contribution in [0.1, 0.15) is 30.0 Å². The van der Waals surface area contributed by atoms with Crippen molar-refractivity contribution in [2.45, 2.75) is 26.4 Å². The molecule has 0 radical (unpaired) electrons. The lowest BCUT2D eigenvalue weighted by atomic mass is 10.1. The highest BCUT2D eigenvalue weighted by Crippen LogP contribution is 2.34. The van der Waals surface area contributed by atoms with Gasteiger partial charge in [0.05, 0.1) is 32.6 Å². The number of rotatable bonds is 8. The van der Waals surface area contributed by atoms with Gasteiger partial charge in [-0.2, -0.15) is 0 Å². The molecule has 2 aromatic carbocycles. The van der Waals surface area contributed by atoms with Gasteiger partial charge in [-0.15, -0.1) is 0 Å². The van der Waals surface area contributed by atoms with E-state index in [4.69, 9.17) is 23.6 Å². The Labute approximate surface area is 172 Å². The lowest BCUT2D eigenvalue weighted by molar-refractivity contribution is 0.248. The molecule has 6 heteroatoms. The minimum absolute atomic E-state index is 0.195. The molecule has 3 rings (SSSR count). The van der Waals surface area contributed by atoms with E-state index in [-0.39, 0.29) is 6.04 Å². The van der Waals surface area contributed by atoms with E-state index in [9.17, 15) is 0 Å². The van der Waals surface area contributed by atoms with Gasteiger partial charge < -0.3 is 18.6 Å². The Morgan fingerprint density at radius 1 is 1.00 bits per heavy atom. The summed E-state index contributed by atoms with van der Waals surface area (Å²) in [5.74, 6) is 3.58. The van der Waals surface area contributed by atoms with Crippen LogP contribution in [0.2, 0.25) is 0 Å². The molecule has 6 nitrogen and oxygen atoms in total. The zero-order chi connectivity index (χ0) is 21.0. The average Bonchev–Trinajstić information content (AvgIpc) is 3.12. The predicted octanol–water partition coefficient (Wildman–Crippen LogP) is 4.87. The van der Waals surface area contributed by atoms with Crippen molar-refractivity contribution in [2.75, 3.05) is 28.4 Å². The highest BCUT2D eigenvalue weighted by molar-refractivity contribution is 5.65. The second-order valence-corrected chi connectivity index (χ2v) is 6.96. The van der Waals surface area contributed by atoms with Gasteiger partial charge in [0, 0.05) is 18.7 Å². The zero-order valence-electron chi connectivity index (χ0n) is 17.9. The Bertz CT molecular complexity index is 967. The highest BCUT2D eigenvalue weighted by Gasteiger charge is 2.19. The molecule has 0 N–H and O–H groups in total. The summed E-state index contributed by atoms with van der Waals surface area (Å²) in [4.78, 5) is 6.97. The molecule has 0 spiro atoms. The third-order valence-corrected chi connectivity index (χ3v) is 5.17. The van der Waals surface area contributed by atoms with Crippen LogP contribution in [0.5, 0.6) is 17.2 Å². The summed E-state index contributed by atoms with van der Waals surface area (Å²) >= 11 is 0. The van der Waals surface area contributed by atoms with Gasteiger partial charge in [-0.1, -0.05) is 12.1 Å². The monoisotopic (exact) mass is 396 g/mol. The Kier molecular flexibility index (Phi) is 6.44. The molecule has 0 aliphatic heterocycles. The van der Waals surface area contributed by atoms with Gasteiger partial charge in [0.15, 0.2) is 0 Å². The number of hydrogen-bond donors (Lipinski definition) is 0. The molecule has 0 aliphatic rings. The second-order valence-electron chi connectivity index (χ2n) is 6.96. The van der Waals surface area contributed by atoms with Gasteiger partial charge >= 0.3 is 0 Å². The Balaban J connectivity index is 1.81. The van der Waals surface area contributed by atoms with E-state index in [1.165, 1.54) is 5.56 Å². The fourth-order valence-electron chi connectivity index (χ4n) is 3.19. The van der Waals surface area contributed by atoms with E-state index >= 15 is 0 Å². The lowest BCUT2D eigenvalue weighted by Gasteiger charge is -2.24. The van der Waals surface area contributed by atoms with Gasteiger partial charge in [-0.25, -0.2) is 4.98 Å². The minimum atomic E-state index is 0.195. The summed E-state index contributed by atoms with van der Waals surface area (Å²) in [5.41, 5.74) is 2.88. The number of ether oxygens (including phenoxy) is 3. The normalized spacial score (nSPS) is 12.1. The number of methoxy groups -OCH3 is 3. The molecule has 1 heterocycles. The van der Waals surface area contributed by atoms with Crippen LogP contribution in [0.4, 0.5) is 0 Å². The van der Waals surface area contributed by atoms with E-state index in [1.54, 1.807) is 21.3 Å². The molecule has 154 valence electrons. The van der Waals surface area contributed by atoms with Crippen LogP contribution < -0.4 is 14.2 Å². The van der Waals surface area contributed by atoms with Crippen molar-refractivity contribution in [3.63, 3.8) is 0 Å². The Morgan fingerprint density at radius 3 is 2.41 bits per heavy atom. The van der Waals surface area contributed by atoms with Crippen molar-refractivity contribution in [2.24, 2.45) is 0 Å². The maximum Gasteiger partial charge on any atom is 0.230 e. The lowest BCUT2D eigenvalue weighted by Crippen LogP contribution is -2.22. The number of aryl methyl sites for hydroxylation is 1. The zero-order valence-corrected chi connectivity index (χ0v) is 17.9. The summed E-state index contributed by atoms with van der Waals surface area (Å²) < 4.78 is 22.1. The first-order chi connectivity index (χ1) is 14.0. The number of oxazole rings is 1. The van der Waals surface area contributed by atoms with Crippen molar-refractivity contribution in [3.8, 4) is 28.7 Å². The van der Waals surface area contributed by atoms with Crippen LogP contribution in [0.3, 0.4) is 0 Å². The molecular weight excluding hydrogens is 368 g/mol. The summed E-state index contributed by atoms with van der Waals surface area (Å²) in [6.07, 6.45) is 0. The van der Waals surface area contributed by atoms with Gasteiger partial charge in [-0.05, 0) is 50.7 Å². The summed E-state index contributed by atoms with van der Waals surface area (Å²) in [7, 11) is 7.01. The Hall–Kier alpha value is -2.99. The summed E-state index contributed by atoms with van der Waals surface area (Å²) in [6.45, 7) is 4.76. The maximum absolute atomic E-state index is 5.96. The number of benzene rings is 2. The molecule has 0 fully saturated rings. The molecule has 1 aromatic heterocycles. The molecule has 0 aliphatic carbocycles. The van der Waals surface area contributed by atoms with Crippen LogP contribution in [-0.4, -0.2) is 38.3 Å². The van der Waals surface area contributed by atoms with Gasteiger partial charge in [0.2, 0.25) is 5.89 Å². The fourth-order valence-corrected chi connectivity index (χ4v) is 3.19. The fraction of sp³-hybridized carbons (Fsp3) is 0.348. The summed E-state index contributed by atoms with van der Waals surface area (Å²) in [5, 5.41) is 0. The van der Waals surface area contributed by atoms with Crippen molar-refractivity contribution < 1.29 is 18.6 Å². The van der Waals surface area contributed by atoms with Crippen LogP contribution in [-0.2, 0) is 6.54 Å². The molecule has 0 amide bonds. The van der Waals surface area contributed by atoms with Crippen LogP contribution in [0.25, 0.3) is 11.5 Å². The molecule has 0 bridgehead atoms. The topological polar surface area (TPSA) is 57.0 Å². The van der Waals surface area contributed by atoms with E-state index in [1.807, 2.05) is 37.3 Å². The van der Waals surface area contributed by atoms with Gasteiger partial charge in [0.1, 0.15) is 23.0 Å². The van der Waals surface area contributed by atoms with Crippen molar-refractivity contribution in [1.29, 1.82) is 0 Å². The quantitative estimate of drug-likeness (QED) is 0.541. The Morgan fingerprint density at radius 2 is 1.72 bits per heavy atom. The van der Waals surface area contributed by atoms with E-state index in [0.29, 0.717) is 18.2 Å². The van der Waals surface area contributed by atoms with Crippen molar-refractivity contribution in [3.05, 3.63) is 59.5 Å². The molecule has 0 saturated heterocycles. The molecule has 1 atom stereocenters. The summed E-state index contributed by atoms with van der Waals surface area (Å²) in [6, 6.07) is 13.9.